The Morgan fingerprint density at radius 1 is 1.10 bits per heavy atom. The van der Waals surface area contributed by atoms with E-state index < -0.39 is 11.9 Å². The van der Waals surface area contributed by atoms with E-state index in [1.165, 1.54) is 11.3 Å². The van der Waals surface area contributed by atoms with Crippen LogP contribution in [0.5, 0.6) is 0 Å². The first-order chi connectivity index (χ1) is 13.7. The van der Waals surface area contributed by atoms with Crippen LogP contribution in [0, 0.1) is 11.8 Å². The van der Waals surface area contributed by atoms with Gasteiger partial charge in [0.2, 0.25) is 0 Å². The van der Waals surface area contributed by atoms with Crippen LogP contribution >= 0.6 is 22.9 Å². The third-order valence-corrected chi connectivity index (χ3v) is 5.69. The van der Waals surface area contributed by atoms with Gasteiger partial charge in [-0.3, -0.25) is 14.4 Å². The molecule has 0 saturated carbocycles. The van der Waals surface area contributed by atoms with E-state index in [9.17, 15) is 14.4 Å². The molecule has 1 heterocycles. The number of nitrogens with one attached hydrogen (secondary N) is 1. The number of halogens is 1. The van der Waals surface area contributed by atoms with Crippen LogP contribution in [0.25, 0.3) is 10.1 Å². The van der Waals surface area contributed by atoms with Gasteiger partial charge in [0.25, 0.3) is 11.8 Å². The van der Waals surface area contributed by atoms with E-state index in [4.69, 9.17) is 16.3 Å². The highest BCUT2D eigenvalue weighted by Gasteiger charge is 2.20. The van der Waals surface area contributed by atoms with Gasteiger partial charge in [-0.05, 0) is 17.9 Å². The summed E-state index contributed by atoms with van der Waals surface area (Å²) in [6.45, 7) is 8.67. The average molecular weight is 439 g/mol. The molecule has 0 saturated heterocycles. The summed E-state index contributed by atoms with van der Waals surface area (Å²) in [4.78, 5) is 38.7. The monoisotopic (exact) mass is 438 g/mol. The van der Waals surface area contributed by atoms with Crippen LogP contribution < -0.4 is 5.32 Å². The minimum absolute atomic E-state index is 0.236. The molecule has 0 radical (unpaired) electrons. The molecule has 0 bridgehead atoms. The predicted molar refractivity (Wildman–Crippen MR) is 116 cm³/mol. The fourth-order valence-corrected chi connectivity index (χ4v) is 4.27. The van der Waals surface area contributed by atoms with Crippen molar-refractivity contribution in [3.8, 4) is 0 Å². The molecule has 0 atom stereocenters. The van der Waals surface area contributed by atoms with E-state index in [-0.39, 0.29) is 19.1 Å². The van der Waals surface area contributed by atoms with Crippen LogP contribution in [0.15, 0.2) is 24.3 Å². The van der Waals surface area contributed by atoms with Gasteiger partial charge in [-0.1, -0.05) is 57.5 Å². The second kappa shape index (κ2) is 10.6. The van der Waals surface area contributed by atoms with Gasteiger partial charge < -0.3 is 15.0 Å². The van der Waals surface area contributed by atoms with Crippen LogP contribution in [-0.2, 0) is 14.3 Å². The lowest BCUT2D eigenvalue weighted by atomic mass is 10.1. The summed E-state index contributed by atoms with van der Waals surface area (Å²) in [7, 11) is 0. The lowest BCUT2D eigenvalue weighted by molar-refractivity contribution is -0.151. The van der Waals surface area contributed by atoms with Gasteiger partial charge >= 0.3 is 5.97 Å². The minimum atomic E-state index is -0.669. The summed E-state index contributed by atoms with van der Waals surface area (Å²) in [6.07, 6.45) is 0. The lowest BCUT2D eigenvalue weighted by Gasteiger charge is -2.26. The Kier molecular flexibility index (Phi) is 8.46. The van der Waals surface area contributed by atoms with Crippen LogP contribution in [0.4, 0.5) is 0 Å². The summed E-state index contributed by atoms with van der Waals surface area (Å²) < 4.78 is 5.94. The molecule has 29 heavy (non-hydrogen) atoms. The molecule has 2 rings (SSSR count). The smallest absolute Gasteiger partial charge is 0.325 e. The van der Waals surface area contributed by atoms with Gasteiger partial charge in [-0.25, -0.2) is 0 Å². The van der Waals surface area contributed by atoms with Gasteiger partial charge in [0.1, 0.15) is 11.4 Å². The molecule has 0 aliphatic rings. The molecule has 1 aromatic heterocycles. The SMILES string of the molecule is CC(C)CN(CC(C)C)C(=O)COC(=O)CNC(=O)c1sc2ccccc2c1Cl. The van der Waals surface area contributed by atoms with Crippen molar-refractivity contribution in [2.75, 3.05) is 26.2 Å². The number of esters is 1. The highest BCUT2D eigenvalue weighted by atomic mass is 35.5. The van der Waals surface area contributed by atoms with E-state index in [0.29, 0.717) is 34.8 Å². The van der Waals surface area contributed by atoms with E-state index in [1.54, 1.807) is 4.90 Å². The average Bonchev–Trinajstić information content (AvgIpc) is 3.00. The standard InChI is InChI=1S/C21H27ClN2O4S/c1-13(2)10-24(11-14(3)4)17(25)12-28-18(26)9-23-21(27)20-19(22)15-7-5-6-8-16(15)29-20/h5-8,13-14H,9-12H2,1-4H3,(H,23,27). The van der Waals surface area contributed by atoms with E-state index >= 15 is 0 Å². The van der Waals surface area contributed by atoms with Crippen LogP contribution in [0.3, 0.4) is 0 Å². The van der Waals surface area contributed by atoms with Gasteiger partial charge in [-0.15, -0.1) is 11.3 Å². The lowest BCUT2D eigenvalue weighted by Crippen LogP contribution is -2.40. The molecule has 2 amide bonds. The summed E-state index contributed by atoms with van der Waals surface area (Å²) in [5.74, 6) is -0.712. The van der Waals surface area contributed by atoms with Crippen molar-refractivity contribution >= 4 is 50.8 Å². The Hall–Kier alpha value is -2.12. The second-order valence-electron chi connectivity index (χ2n) is 7.67. The normalized spacial score (nSPS) is 11.1. The molecule has 0 aliphatic carbocycles. The summed E-state index contributed by atoms with van der Waals surface area (Å²) in [5.41, 5.74) is 0. The second-order valence-corrected chi connectivity index (χ2v) is 9.10. The predicted octanol–water partition coefficient (Wildman–Crippen LogP) is 3.97. The number of carbonyl (C=O) groups excluding carboxylic acids is 3. The van der Waals surface area contributed by atoms with Gasteiger partial charge in [-0.2, -0.15) is 0 Å². The zero-order valence-electron chi connectivity index (χ0n) is 17.2. The fourth-order valence-electron chi connectivity index (χ4n) is 2.84. The van der Waals surface area contributed by atoms with Gasteiger partial charge in [0.15, 0.2) is 6.61 Å². The molecule has 0 aliphatic heterocycles. The maximum Gasteiger partial charge on any atom is 0.325 e. The molecule has 1 N–H and O–H groups in total. The minimum Gasteiger partial charge on any atom is -0.454 e. The van der Waals surface area contributed by atoms with Crippen LogP contribution in [-0.4, -0.2) is 48.9 Å². The number of hydrogen-bond donors (Lipinski definition) is 1. The number of rotatable bonds is 9. The quantitative estimate of drug-likeness (QED) is 0.601. The van der Waals surface area contributed by atoms with Crippen molar-refractivity contribution in [2.45, 2.75) is 27.7 Å². The third-order valence-electron chi connectivity index (χ3n) is 4.01. The zero-order chi connectivity index (χ0) is 21.6. The molecule has 6 nitrogen and oxygen atoms in total. The number of fused-ring (bicyclic) bond motifs is 1. The Bertz CT molecular complexity index is 869. The molecular formula is C21H27ClN2O4S. The first kappa shape index (κ1) is 23.2. The Balaban J connectivity index is 1.86. The molecule has 0 fully saturated rings. The number of carbonyl (C=O) groups is 3. The topological polar surface area (TPSA) is 75.7 Å². The molecule has 8 heteroatoms. The Morgan fingerprint density at radius 2 is 1.72 bits per heavy atom. The number of ether oxygens (including phenoxy) is 1. The van der Waals surface area contributed by atoms with E-state index in [2.05, 4.69) is 5.32 Å². The summed E-state index contributed by atoms with van der Waals surface area (Å²) in [6, 6.07) is 7.43. The van der Waals surface area contributed by atoms with Crippen molar-refractivity contribution in [3.05, 3.63) is 34.2 Å². The summed E-state index contributed by atoms with van der Waals surface area (Å²) in [5, 5.41) is 3.67. The van der Waals surface area contributed by atoms with Crippen molar-refractivity contribution in [2.24, 2.45) is 11.8 Å². The van der Waals surface area contributed by atoms with Crippen molar-refractivity contribution in [3.63, 3.8) is 0 Å². The highest BCUT2D eigenvalue weighted by Crippen LogP contribution is 2.34. The molecule has 1 aromatic carbocycles. The highest BCUT2D eigenvalue weighted by molar-refractivity contribution is 7.21. The van der Waals surface area contributed by atoms with E-state index in [1.807, 2.05) is 52.0 Å². The van der Waals surface area contributed by atoms with Crippen molar-refractivity contribution < 1.29 is 19.1 Å². The number of benzene rings is 1. The maximum atomic E-state index is 12.4. The molecule has 2 aromatic rings. The third kappa shape index (κ3) is 6.72. The number of thiophene rings is 1. The van der Waals surface area contributed by atoms with Gasteiger partial charge in [0.05, 0.1) is 5.02 Å². The van der Waals surface area contributed by atoms with Gasteiger partial charge in [0, 0.05) is 23.2 Å². The van der Waals surface area contributed by atoms with Crippen molar-refractivity contribution in [1.29, 1.82) is 0 Å². The zero-order valence-corrected chi connectivity index (χ0v) is 18.7. The largest absolute Gasteiger partial charge is 0.454 e. The number of nitrogens with zero attached hydrogens (tertiary/aromatic N) is 1. The molecule has 0 spiro atoms. The molecular weight excluding hydrogens is 412 g/mol. The van der Waals surface area contributed by atoms with Crippen LogP contribution in [0.1, 0.15) is 37.4 Å². The van der Waals surface area contributed by atoms with Crippen molar-refractivity contribution in [1.82, 2.24) is 10.2 Å². The summed E-state index contributed by atoms with van der Waals surface area (Å²) >= 11 is 7.53. The number of amides is 2. The van der Waals surface area contributed by atoms with E-state index in [0.717, 1.165) is 10.1 Å². The number of hydrogen-bond acceptors (Lipinski definition) is 5. The molecule has 0 unspecified atom stereocenters. The first-order valence-electron chi connectivity index (χ1n) is 9.57. The Morgan fingerprint density at radius 3 is 2.31 bits per heavy atom. The fraction of sp³-hybridized carbons (Fsp3) is 0.476. The Labute approximate surface area is 180 Å². The van der Waals surface area contributed by atoms with Crippen LogP contribution in [0.2, 0.25) is 5.02 Å². The maximum absolute atomic E-state index is 12.4. The molecule has 158 valence electrons. The first-order valence-corrected chi connectivity index (χ1v) is 10.8.